The number of rotatable bonds is 4. The summed E-state index contributed by atoms with van der Waals surface area (Å²) in [6.45, 7) is 1.55. The zero-order valence-corrected chi connectivity index (χ0v) is 12.3. The topological polar surface area (TPSA) is 103 Å². The van der Waals surface area contributed by atoms with E-state index in [1.54, 1.807) is 13.0 Å². The first-order valence-corrected chi connectivity index (χ1v) is 6.49. The van der Waals surface area contributed by atoms with Crippen molar-refractivity contribution < 1.29 is 19.6 Å². The van der Waals surface area contributed by atoms with Gasteiger partial charge >= 0.3 is 5.97 Å². The fourth-order valence-corrected chi connectivity index (χ4v) is 2.00. The van der Waals surface area contributed by atoms with Crippen LogP contribution in [0, 0.1) is 17.0 Å². The fraction of sp³-hybridized carbons (Fsp3) is 0.0769. The number of pyridine rings is 1. The molecular formula is C13H9BrN2O5. The van der Waals surface area contributed by atoms with Crippen LogP contribution in [0.5, 0.6) is 11.6 Å². The third kappa shape index (κ3) is 3.34. The van der Waals surface area contributed by atoms with E-state index in [4.69, 9.17) is 9.84 Å². The summed E-state index contributed by atoms with van der Waals surface area (Å²) < 4.78 is 6.00. The van der Waals surface area contributed by atoms with Crippen LogP contribution in [-0.2, 0) is 0 Å². The fourth-order valence-electron chi connectivity index (χ4n) is 1.64. The second-order valence-electron chi connectivity index (χ2n) is 4.11. The van der Waals surface area contributed by atoms with E-state index in [2.05, 4.69) is 20.9 Å². The molecule has 0 spiro atoms. The van der Waals surface area contributed by atoms with Crippen LogP contribution >= 0.6 is 15.9 Å². The lowest BCUT2D eigenvalue weighted by atomic mass is 10.2. The van der Waals surface area contributed by atoms with Gasteiger partial charge < -0.3 is 9.84 Å². The molecule has 0 bridgehead atoms. The van der Waals surface area contributed by atoms with Crippen LogP contribution in [0.4, 0.5) is 5.69 Å². The summed E-state index contributed by atoms with van der Waals surface area (Å²) in [6.07, 6.45) is 1.07. The Morgan fingerprint density at radius 3 is 2.71 bits per heavy atom. The lowest BCUT2D eigenvalue weighted by Gasteiger charge is -2.08. The van der Waals surface area contributed by atoms with E-state index >= 15 is 0 Å². The smallest absolute Gasteiger partial charge is 0.339 e. The van der Waals surface area contributed by atoms with E-state index < -0.39 is 10.9 Å². The molecule has 0 unspecified atom stereocenters. The normalized spacial score (nSPS) is 10.2. The van der Waals surface area contributed by atoms with E-state index in [0.717, 1.165) is 6.20 Å². The van der Waals surface area contributed by atoms with Crippen LogP contribution in [0.2, 0.25) is 0 Å². The van der Waals surface area contributed by atoms with Gasteiger partial charge in [-0.15, -0.1) is 0 Å². The van der Waals surface area contributed by atoms with Crippen molar-refractivity contribution in [2.75, 3.05) is 0 Å². The maximum absolute atomic E-state index is 11.2. The Labute approximate surface area is 127 Å². The first-order valence-electron chi connectivity index (χ1n) is 5.70. The number of aromatic carboxylic acids is 1. The van der Waals surface area contributed by atoms with E-state index in [1.807, 2.05) is 0 Å². The van der Waals surface area contributed by atoms with Crippen LogP contribution in [0.3, 0.4) is 0 Å². The molecule has 21 heavy (non-hydrogen) atoms. The predicted octanol–water partition coefficient (Wildman–Crippen LogP) is 3.55. The average Bonchev–Trinajstić information content (AvgIpc) is 2.40. The van der Waals surface area contributed by atoms with Gasteiger partial charge in [-0.1, -0.05) is 15.9 Å². The van der Waals surface area contributed by atoms with Crippen molar-refractivity contribution in [3.05, 3.63) is 56.2 Å². The van der Waals surface area contributed by atoms with Crippen LogP contribution in [0.1, 0.15) is 15.9 Å². The first kappa shape index (κ1) is 14.9. The number of aryl methyl sites for hydroxylation is 1. The van der Waals surface area contributed by atoms with E-state index in [-0.39, 0.29) is 22.9 Å². The van der Waals surface area contributed by atoms with Gasteiger partial charge in [0.15, 0.2) is 0 Å². The monoisotopic (exact) mass is 352 g/mol. The van der Waals surface area contributed by atoms with Crippen LogP contribution < -0.4 is 4.74 Å². The van der Waals surface area contributed by atoms with Gasteiger partial charge in [0, 0.05) is 16.1 Å². The maximum atomic E-state index is 11.2. The minimum Gasteiger partial charge on any atom is -0.478 e. The molecule has 0 atom stereocenters. The molecular weight excluding hydrogens is 344 g/mol. The molecule has 108 valence electrons. The molecule has 0 aliphatic rings. The highest BCUT2D eigenvalue weighted by atomic mass is 79.9. The van der Waals surface area contributed by atoms with Gasteiger partial charge in [-0.05, 0) is 25.1 Å². The third-order valence-electron chi connectivity index (χ3n) is 2.64. The number of nitro groups is 1. The Balaban J connectivity index is 2.37. The summed E-state index contributed by atoms with van der Waals surface area (Å²) in [4.78, 5) is 25.1. The molecule has 0 radical (unpaired) electrons. The molecule has 2 aromatic rings. The van der Waals surface area contributed by atoms with Crippen LogP contribution in [0.25, 0.3) is 0 Å². The molecule has 0 amide bonds. The number of hydrogen-bond acceptors (Lipinski definition) is 5. The summed E-state index contributed by atoms with van der Waals surface area (Å²) in [5.41, 5.74) is 0.206. The number of aromatic nitrogens is 1. The highest BCUT2D eigenvalue weighted by Crippen LogP contribution is 2.29. The maximum Gasteiger partial charge on any atom is 0.339 e. The van der Waals surface area contributed by atoms with Gasteiger partial charge in [0.1, 0.15) is 17.5 Å². The largest absolute Gasteiger partial charge is 0.478 e. The van der Waals surface area contributed by atoms with Gasteiger partial charge in [0.05, 0.1) is 4.92 Å². The second-order valence-corrected chi connectivity index (χ2v) is 5.03. The number of carbonyl (C=O) groups is 1. The van der Waals surface area contributed by atoms with Crippen molar-refractivity contribution in [2.45, 2.75) is 6.92 Å². The zero-order chi connectivity index (χ0) is 15.6. The highest BCUT2D eigenvalue weighted by Gasteiger charge is 2.16. The van der Waals surface area contributed by atoms with Crippen molar-refractivity contribution >= 4 is 27.6 Å². The summed E-state index contributed by atoms with van der Waals surface area (Å²) in [7, 11) is 0. The number of ether oxygens (including phenoxy) is 1. The van der Waals surface area contributed by atoms with Crippen molar-refractivity contribution in [2.24, 2.45) is 0 Å². The van der Waals surface area contributed by atoms with Gasteiger partial charge in [0.25, 0.3) is 5.69 Å². The number of carboxylic acid groups (broad SMARTS) is 1. The molecule has 8 heteroatoms. The SMILES string of the molecule is Cc1cc(Oc2ccc(Br)cc2C(=O)O)ncc1[N+](=O)[O-]. The molecule has 1 aromatic carbocycles. The molecule has 1 aromatic heterocycles. The highest BCUT2D eigenvalue weighted by molar-refractivity contribution is 9.10. The van der Waals surface area contributed by atoms with E-state index in [9.17, 15) is 14.9 Å². The van der Waals surface area contributed by atoms with Gasteiger partial charge in [-0.3, -0.25) is 10.1 Å². The lowest BCUT2D eigenvalue weighted by Crippen LogP contribution is -2.01. The molecule has 0 saturated heterocycles. The molecule has 2 rings (SSSR count). The number of carboxylic acids is 1. The standard InChI is InChI=1S/C13H9BrN2O5/c1-7-4-12(15-6-10(7)16(19)20)21-11-3-2-8(14)5-9(11)13(17)18/h2-6H,1H3,(H,17,18). The predicted molar refractivity (Wildman–Crippen MR) is 76.8 cm³/mol. The Morgan fingerprint density at radius 1 is 1.43 bits per heavy atom. The zero-order valence-electron chi connectivity index (χ0n) is 10.7. The first-order chi connectivity index (χ1) is 9.88. The van der Waals surface area contributed by atoms with E-state index in [1.165, 1.54) is 18.2 Å². The Kier molecular flexibility index (Phi) is 4.18. The minimum absolute atomic E-state index is 0.0396. The molecule has 1 N–H and O–H groups in total. The molecule has 0 fully saturated rings. The third-order valence-corrected chi connectivity index (χ3v) is 3.13. The van der Waals surface area contributed by atoms with Crippen molar-refractivity contribution in [1.82, 2.24) is 4.98 Å². The summed E-state index contributed by atoms with van der Waals surface area (Å²) in [5, 5.41) is 19.8. The van der Waals surface area contributed by atoms with Crippen molar-refractivity contribution in [3.8, 4) is 11.6 Å². The molecule has 0 aliphatic heterocycles. The molecule has 1 heterocycles. The van der Waals surface area contributed by atoms with Crippen molar-refractivity contribution in [1.29, 1.82) is 0 Å². The lowest BCUT2D eigenvalue weighted by molar-refractivity contribution is -0.385. The molecule has 7 nitrogen and oxygen atoms in total. The summed E-state index contributed by atoms with van der Waals surface area (Å²) >= 11 is 3.18. The minimum atomic E-state index is -1.15. The van der Waals surface area contributed by atoms with Gasteiger partial charge in [0.2, 0.25) is 5.88 Å². The average molecular weight is 353 g/mol. The summed E-state index contributed by atoms with van der Waals surface area (Å²) in [6, 6.07) is 5.88. The number of hydrogen-bond donors (Lipinski definition) is 1. The number of benzene rings is 1. The van der Waals surface area contributed by atoms with Crippen molar-refractivity contribution in [3.63, 3.8) is 0 Å². The quantitative estimate of drug-likeness (QED) is 0.666. The Morgan fingerprint density at radius 2 is 2.14 bits per heavy atom. The Bertz CT molecular complexity index is 732. The van der Waals surface area contributed by atoms with Crippen LogP contribution in [0.15, 0.2) is 34.9 Å². The van der Waals surface area contributed by atoms with Crippen LogP contribution in [-0.4, -0.2) is 21.0 Å². The van der Waals surface area contributed by atoms with E-state index in [0.29, 0.717) is 10.0 Å². The second kappa shape index (κ2) is 5.88. The number of halogens is 1. The molecule has 0 saturated carbocycles. The molecule has 0 aliphatic carbocycles. The summed E-state index contributed by atoms with van der Waals surface area (Å²) in [5.74, 6) is -0.959. The Hall–Kier alpha value is -2.48. The number of nitrogens with zero attached hydrogens (tertiary/aromatic N) is 2. The van der Waals surface area contributed by atoms with Gasteiger partial charge in [-0.2, -0.15) is 0 Å². The van der Waals surface area contributed by atoms with Gasteiger partial charge in [-0.25, -0.2) is 9.78 Å².